The Balaban J connectivity index is 0.00000147. The van der Waals surface area contributed by atoms with Crippen molar-refractivity contribution in [1.82, 2.24) is 15.3 Å². The molecule has 2 heterocycles. The number of piperidine rings is 1. The van der Waals surface area contributed by atoms with Gasteiger partial charge in [-0.05, 0) is 31.5 Å². The number of aromatic nitrogens is 2. The minimum absolute atomic E-state index is 0. The molecule has 2 aromatic rings. The second kappa shape index (κ2) is 6.24. The maximum Gasteiger partial charge on any atom is 0.172 e. The first-order valence-corrected chi connectivity index (χ1v) is 6.71. The zero-order valence-electron chi connectivity index (χ0n) is 11.5. The molecular weight excluding hydrogens is 274 g/mol. The molecular formula is C14H20ClN5. The van der Waals surface area contributed by atoms with Gasteiger partial charge in [0.25, 0.3) is 0 Å². The highest BCUT2D eigenvalue weighted by Crippen LogP contribution is 2.24. The van der Waals surface area contributed by atoms with Crippen LogP contribution < -0.4 is 16.0 Å². The molecule has 1 fully saturated rings. The molecule has 6 heteroatoms. The van der Waals surface area contributed by atoms with Crippen LogP contribution in [0.2, 0.25) is 0 Å². The van der Waals surface area contributed by atoms with Crippen LogP contribution in [0.1, 0.15) is 12.8 Å². The number of para-hydroxylation sites is 2. The van der Waals surface area contributed by atoms with Gasteiger partial charge >= 0.3 is 0 Å². The van der Waals surface area contributed by atoms with Crippen molar-refractivity contribution in [3.8, 4) is 0 Å². The average molecular weight is 294 g/mol. The lowest BCUT2D eigenvalue weighted by molar-refractivity contribution is 0.443. The number of anilines is 2. The number of halogens is 1. The van der Waals surface area contributed by atoms with Gasteiger partial charge in [0.2, 0.25) is 0 Å². The minimum atomic E-state index is 0. The molecule has 1 aromatic heterocycles. The molecule has 0 unspecified atom stereocenters. The number of fused-ring (bicyclic) bond motifs is 1. The smallest absolute Gasteiger partial charge is 0.172 e. The van der Waals surface area contributed by atoms with Crippen molar-refractivity contribution in [3.05, 3.63) is 24.3 Å². The van der Waals surface area contributed by atoms with Gasteiger partial charge in [0.15, 0.2) is 11.6 Å². The van der Waals surface area contributed by atoms with Crippen LogP contribution in [0.4, 0.5) is 11.6 Å². The molecule has 20 heavy (non-hydrogen) atoms. The average Bonchev–Trinajstić information content (AvgIpc) is 2.47. The van der Waals surface area contributed by atoms with E-state index in [0.29, 0.717) is 11.9 Å². The number of benzene rings is 1. The number of nitrogens with two attached hydrogens (primary N) is 1. The molecule has 0 aliphatic carbocycles. The molecule has 5 nitrogen and oxygen atoms in total. The summed E-state index contributed by atoms with van der Waals surface area (Å²) < 4.78 is 0. The van der Waals surface area contributed by atoms with Gasteiger partial charge < -0.3 is 16.0 Å². The van der Waals surface area contributed by atoms with Crippen LogP contribution >= 0.6 is 12.4 Å². The second-order valence-electron chi connectivity index (χ2n) is 5.03. The van der Waals surface area contributed by atoms with E-state index in [-0.39, 0.29) is 12.4 Å². The first-order chi connectivity index (χ1) is 9.25. The van der Waals surface area contributed by atoms with E-state index in [1.54, 1.807) is 0 Å². The number of nitrogens with zero attached hydrogens (tertiary/aromatic N) is 3. The number of likely N-dealkylation sites (N-methyl/N-ethyl adjacent to an activating group) is 1. The molecule has 0 saturated carbocycles. The highest BCUT2D eigenvalue weighted by Gasteiger charge is 2.21. The Bertz CT molecular complexity index is 583. The van der Waals surface area contributed by atoms with Crippen LogP contribution in [-0.4, -0.2) is 36.1 Å². The number of nitrogens with one attached hydrogen (secondary N) is 1. The molecule has 3 N–H and O–H groups in total. The summed E-state index contributed by atoms with van der Waals surface area (Å²) in [6.45, 7) is 2.08. The summed E-state index contributed by atoms with van der Waals surface area (Å²) in [6.07, 6.45) is 2.35. The summed E-state index contributed by atoms with van der Waals surface area (Å²) in [5.74, 6) is 1.29. The molecule has 0 radical (unpaired) electrons. The first-order valence-electron chi connectivity index (χ1n) is 6.71. The van der Waals surface area contributed by atoms with Crippen LogP contribution in [0, 0.1) is 0 Å². The highest BCUT2D eigenvalue weighted by atomic mass is 35.5. The number of hydrogen-bond acceptors (Lipinski definition) is 5. The molecule has 1 aliphatic heterocycles. The van der Waals surface area contributed by atoms with E-state index < -0.39 is 0 Å². The molecule has 1 saturated heterocycles. The van der Waals surface area contributed by atoms with Crippen molar-refractivity contribution < 1.29 is 0 Å². The molecule has 0 amide bonds. The van der Waals surface area contributed by atoms with Gasteiger partial charge in [-0.3, -0.25) is 0 Å². The summed E-state index contributed by atoms with van der Waals surface area (Å²) >= 11 is 0. The predicted molar refractivity (Wildman–Crippen MR) is 85.5 cm³/mol. The summed E-state index contributed by atoms with van der Waals surface area (Å²) in [6, 6.07) is 8.26. The Labute approximate surface area is 125 Å². The maximum absolute atomic E-state index is 6.06. The van der Waals surface area contributed by atoms with Gasteiger partial charge in [-0.2, -0.15) is 0 Å². The van der Waals surface area contributed by atoms with Crippen LogP contribution in [0.15, 0.2) is 24.3 Å². The molecule has 0 bridgehead atoms. The van der Waals surface area contributed by atoms with Gasteiger partial charge in [0.05, 0.1) is 11.0 Å². The second-order valence-corrected chi connectivity index (χ2v) is 5.03. The van der Waals surface area contributed by atoms with Crippen LogP contribution in [0.3, 0.4) is 0 Å². The standard InChI is InChI=1S/C14H19N5.ClH/c1-19(10-5-4-8-16-9-10)14-13(15)17-11-6-2-3-7-12(11)18-14;/h2-3,6-7,10,16H,4-5,8-9H2,1H3,(H2,15,17);1H/t10-;/m1./s1. The van der Waals surface area contributed by atoms with Crippen molar-refractivity contribution in [2.45, 2.75) is 18.9 Å². The van der Waals surface area contributed by atoms with Crippen molar-refractivity contribution in [1.29, 1.82) is 0 Å². The third-order valence-corrected chi connectivity index (χ3v) is 3.73. The largest absolute Gasteiger partial charge is 0.381 e. The summed E-state index contributed by atoms with van der Waals surface area (Å²) in [5, 5.41) is 3.41. The maximum atomic E-state index is 6.06. The fourth-order valence-electron chi connectivity index (χ4n) is 2.60. The Morgan fingerprint density at radius 1 is 1.25 bits per heavy atom. The monoisotopic (exact) mass is 293 g/mol. The third-order valence-electron chi connectivity index (χ3n) is 3.73. The van der Waals surface area contributed by atoms with Crippen molar-refractivity contribution in [2.24, 2.45) is 0 Å². The number of nitrogen functional groups attached to an aromatic ring is 1. The van der Waals surface area contributed by atoms with E-state index in [2.05, 4.69) is 20.2 Å². The molecule has 0 spiro atoms. The lowest BCUT2D eigenvalue weighted by Crippen LogP contribution is -2.44. The summed E-state index contributed by atoms with van der Waals surface area (Å²) in [7, 11) is 2.05. The van der Waals surface area contributed by atoms with Crippen LogP contribution in [0.25, 0.3) is 11.0 Å². The lowest BCUT2D eigenvalue weighted by atomic mass is 10.1. The van der Waals surface area contributed by atoms with Gasteiger partial charge in [-0.25, -0.2) is 9.97 Å². The first kappa shape index (κ1) is 14.8. The molecule has 1 aliphatic rings. The van der Waals surface area contributed by atoms with Crippen LogP contribution in [-0.2, 0) is 0 Å². The van der Waals surface area contributed by atoms with Gasteiger partial charge in [0.1, 0.15) is 0 Å². The van der Waals surface area contributed by atoms with E-state index in [0.717, 1.165) is 36.4 Å². The fraction of sp³-hybridized carbons (Fsp3) is 0.429. The van der Waals surface area contributed by atoms with Crippen molar-refractivity contribution in [3.63, 3.8) is 0 Å². The van der Waals surface area contributed by atoms with E-state index in [9.17, 15) is 0 Å². The van der Waals surface area contributed by atoms with Gasteiger partial charge in [0, 0.05) is 19.6 Å². The Kier molecular flexibility index (Phi) is 4.62. The quantitative estimate of drug-likeness (QED) is 0.884. The Hall–Kier alpha value is -1.59. The van der Waals surface area contributed by atoms with E-state index in [4.69, 9.17) is 5.73 Å². The zero-order valence-corrected chi connectivity index (χ0v) is 12.4. The van der Waals surface area contributed by atoms with Crippen molar-refractivity contribution in [2.75, 3.05) is 30.8 Å². The number of hydrogen-bond donors (Lipinski definition) is 2. The van der Waals surface area contributed by atoms with E-state index in [1.165, 1.54) is 6.42 Å². The summed E-state index contributed by atoms with van der Waals surface area (Å²) in [4.78, 5) is 11.3. The zero-order chi connectivity index (χ0) is 13.2. The fourth-order valence-corrected chi connectivity index (χ4v) is 2.60. The number of rotatable bonds is 2. The Morgan fingerprint density at radius 3 is 2.60 bits per heavy atom. The Morgan fingerprint density at radius 2 is 1.95 bits per heavy atom. The summed E-state index contributed by atoms with van der Waals surface area (Å²) in [5.41, 5.74) is 7.80. The lowest BCUT2D eigenvalue weighted by Gasteiger charge is -2.32. The third kappa shape index (κ3) is 2.78. The molecule has 3 rings (SSSR count). The highest BCUT2D eigenvalue weighted by molar-refractivity contribution is 5.85. The molecule has 108 valence electrons. The topological polar surface area (TPSA) is 67.1 Å². The van der Waals surface area contributed by atoms with Gasteiger partial charge in [-0.15, -0.1) is 12.4 Å². The van der Waals surface area contributed by atoms with Crippen LogP contribution in [0.5, 0.6) is 0 Å². The van der Waals surface area contributed by atoms with E-state index >= 15 is 0 Å². The van der Waals surface area contributed by atoms with E-state index in [1.807, 2.05) is 31.3 Å². The van der Waals surface area contributed by atoms with Crippen molar-refractivity contribution >= 4 is 35.1 Å². The van der Waals surface area contributed by atoms with Gasteiger partial charge in [-0.1, -0.05) is 12.1 Å². The normalized spacial score (nSPS) is 18.6. The molecule has 1 aromatic carbocycles. The molecule has 1 atom stereocenters. The SMILES string of the molecule is CN(c1nc2ccccc2nc1N)[C@@H]1CCCNC1.Cl. The minimum Gasteiger partial charge on any atom is -0.381 e. The predicted octanol–water partition coefficient (Wildman–Crippen LogP) is 1.82.